The highest BCUT2D eigenvalue weighted by atomic mass is 16.5. The van der Waals surface area contributed by atoms with E-state index in [0.29, 0.717) is 6.04 Å². The van der Waals surface area contributed by atoms with E-state index in [-0.39, 0.29) is 6.10 Å². The number of rotatable bonds is 7. The number of benzene rings is 1. The molecular formula is C27H35N7O3. The minimum Gasteiger partial charge on any atom is -0.488 e. The maximum atomic E-state index is 6.57. The van der Waals surface area contributed by atoms with Crippen molar-refractivity contribution in [3.63, 3.8) is 0 Å². The monoisotopic (exact) mass is 505 g/mol. The van der Waals surface area contributed by atoms with E-state index in [1.54, 1.807) is 12.4 Å². The smallest absolute Gasteiger partial charge is 0.149 e. The summed E-state index contributed by atoms with van der Waals surface area (Å²) >= 11 is 0. The first-order chi connectivity index (χ1) is 18.3. The van der Waals surface area contributed by atoms with Gasteiger partial charge in [0.1, 0.15) is 22.9 Å². The molecule has 3 aliphatic rings. The molecule has 0 amide bonds. The number of hydrogen-bond donors (Lipinski definition) is 1. The molecule has 0 unspecified atom stereocenters. The van der Waals surface area contributed by atoms with Gasteiger partial charge in [0, 0.05) is 62.6 Å². The minimum atomic E-state index is 0.158. The second-order valence-electron chi connectivity index (χ2n) is 9.95. The zero-order valence-corrected chi connectivity index (χ0v) is 21.2. The van der Waals surface area contributed by atoms with Gasteiger partial charge in [0.15, 0.2) is 0 Å². The summed E-state index contributed by atoms with van der Waals surface area (Å²) in [6, 6.07) is 6.58. The van der Waals surface area contributed by atoms with Gasteiger partial charge in [0.25, 0.3) is 0 Å². The van der Waals surface area contributed by atoms with Crippen molar-refractivity contribution in [3.05, 3.63) is 42.6 Å². The van der Waals surface area contributed by atoms with Crippen LogP contribution in [0.1, 0.15) is 31.5 Å². The van der Waals surface area contributed by atoms with Crippen molar-refractivity contribution in [2.24, 2.45) is 0 Å². The molecule has 0 bridgehead atoms. The summed E-state index contributed by atoms with van der Waals surface area (Å²) in [5, 5.41) is 3.63. The molecule has 1 aliphatic carbocycles. The van der Waals surface area contributed by atoms with Crippen molar-refractivity contribution in [2.45, 2.75) is 44.4 Å². The highest BCUT2D eigenvalue weighted by Gasteiger charge is 2.25. The van der Waals surface area contributed by atoms with E-state index in [4.69, 9.17) is 19.2 Å². The molecule has 10 nitrogen and oxygen atoms in total. The normalized spacial score (nSPS) is 23.2. The topological polar surface area (TPSA) is 97.8 Å². The molecular weight excluding hydrogens is 470 g/mol. The third-order valence-electron chi connectivity index (χ3n) is 7.39. The fraction of sp³-hybridized carbons (Fsp3) is 0.556. The van der Waals surface area contributed by atoms with E-state index in [2.05, 4.69) is 42.2 Å². The molecule has 2 aromatic heterocycles. The zero-order valence-electron chi connectivity index (χ0n) is 21.2. The van der Waals surface area contributed by atoms with Crippen LogP contribution >= 0.6 is 0 Å². The first kappa shape index (κ1) is 24.3. The van der Waals surface area contributed by atoms with E-state index in [1.165, 1.54) is 0 Å². The van der Waals surface area contributed by atoms with Crippen LogP contribution in [0.2, 0.25) is 0 Å². The Morgan fingerprint density at radius 2 is 1.62 bits per heavy atom. The molecule has 3 fully saturated rings. The van der Waals surface area contributed by atoms with Gasteiger partial charge in [-0.15, -0.1) is 0 Å². The van der Waals surface area contributed by atoms with E-state index >= 15 is 0 Å². The number of aromatic nitrogens is 4. The first-order valence-corrected chi connectivity index (χ1v) is 13.4. The van der Waals surface area contributed by atoms with Crippen molar-refractivity contribution in [1.29, 1.82) is 0 Å². The number of morpholine rings is 2. The summed E-state index contributed by atoms with van der Waals surface area (Å²) < 4.78 is 17.5. The van der Waals surface area contributed by atoms with Crippen LogP contribution < -0.4 is 15.0 Å². The Morgan fingerprint density at radius 3 is 2.43 bits per heavy atom. The van der Waals surface area contributed by atoms with Crippen LogP contribution in [0.5, 0.6) is 5.75 Å². The molecule has 10 heteroatoms. The molecule has 1 N–H and O–H groups in total. The lowest BCUT2D eigenvalue weighted by atomic mass is 9.93. The summed E-state index contributed by atoms with van der Waals surface area (Å²) in [6.45, 7) is 7.42. The van der Waals surface area contributed by atoms with Gasteiger partial charge >= 0.3 is 0 Å². The largest absolute Gasteiger partial charge is 0.488 e. The predicted molar refractivity (Wildman–Crippen MR) is 141 cm³/mol. The summed E-state index contributed by atoms with van der Waals surface area (Å²) in [5.74, 6) is 2.59. The Balaban J connectivity index is 1.07. The first-order valence-electron chi connectivity index (χ1n) is 13.4. The van der Waals surface area contributed by atoms with Crippen LogP contribution in [0.4, 0.5) is 11.5 Å². The zero-order chi connectivity index (χ0) is 24.9. The van der Waals surface area contributed by atoms with E-state index in [0.717, 1.165) is 119 Å². The molecule has 4 heterocycles. The van der Waals surface area contributed by atoms with Crippen molar-refractivity contribution in [2.75, 3.05) is 62.8 Å². The van der Waals surface area contributed by atoms with Crippen LogP contribution in [0, 0.1) is 0 Å². The van der Waals surface area contributed by atoms with Crippen molar-refractivity contribution in [3.8, 4) is 5.75 Å². The SMILES string of the molecule is c1cc(N[C@H]2CC[C@@H](Oc3cc(N4CCOCC4)cc4nccnc34)CC2)nc(CN2CCOCC2)n1. The lowest BCUT2D eigenvalue weighted by molar-refractivity contribution is 0.0331. The maximum absolute atomic E-state index is 6.57. The maximum Gasteiger partial charge on any atom is 0.149 e. The molecule has 2 aliphatic heterocycles. The number of anilines is 2. The number of nitrogens with zero attached hydrogens (tertiary/aromatic N) is 6. The highest BCUT2D eigenvalue weighted by molar-refractivity contribution is 5.85. The summed E-state index contributed by atoms with van der Waals surface area (Å²) in [4.78, 5) is 23.1. The Kier molecular flexibility index (Phi) is 7.57. The average Bonchev–Trinajstić information content (AvgIpc) is 2.95. The molecule has 196 valence electrons. The van der Waals surface area contributed by atoms with Crippen LogP contribution in [0.3, 0.4) is 0 Å². The third kappa shape index (κ3) is 6.08. The van der Waals surface area contributed by atoms with Gasteiger partial charge in [-0.2, -0.15) is 0 Å². The van der Waals surface area contributed by atoms with E-state index in [9.17, 15) is 0 Å². The second kappa shape index (κ2) is 11.5. The molecule has 0 atom stereocenters. The standard InChI is InChI=1S/C27H35N7O3/c1-3-22(4-2-20(1)31-25-5-6-29-26(32-25)19-33-9-13-35-14-10-33)37-24-18-21(34-11-15-36-16-12-34)17-23-27(24)30-8-7-28-23/h5-8,17-18,20,22H,1-4,9-16,19H2,(H,29,31,32)/t20-,22+. The fourth-order valence-corrected chi connectivity index (χ4v) is 5.35. The third-order valence-corrected chi connectivity index (χ3v) is 7.39. The fourth-order valence-electron chi connectivity index (χ4n) is 5.35. The van der Waals surface area contributed by atoms with Gasteiger partial charge in [0.2, 0.25) is 0 Å². The predicted octanol–water partition coefficient (Wildman–Crippen LogP) is 2.89. The van der Waals surface area contributed by atoms with Gasteiger partial charge in [-0.05, 0) is 37.8 Å². The van der Waals surface area contributed by atoms with E-state index < -0.39 is 0 Å². The van der Waals surface area contributed by atoms with Crippen LogP contribution in [0.15, 0.2) is 36.8 Å². The lowest BCUT2D eigenvalue weighted by Crippen LogP contribution is -2.36. The number of hydrogen-bond acceptors (Lipinski definition) is 10. The van der Waals surface area contributed by atoms with Gasteiger partial charge in [-0.1, -0.05) is 0 Å². The van der Waals surface area contributed by atoms with Gasteiger partial charge in [-0.25, -0.2) is 15.0 Å². The molecule has 37 heavy (non-hydrogen) atoms. The van der Waals surface area contributed by atoms with Crippen molar-refractivity contribution >= 4 is 22.5 Å². The Labute approximate surface area is 217 Å². The minimum absolute atomic E-state index is 0.158. The molecule has 0 radical (unpaired) electrons. The average molecular weight is 506 g/mol. The summed E-state index contributed by atoms with van der Waals surface area (Å²) in [7, 11) is 0. The molecule has 1 aromatic carbocycles. The molecule has 2 saturated heterocycles. The number of nitrogens with one attached hydrogen (secondary N) is 1. The lowest BCUT2D eigenvalue weighted by Gasteiger charge is -2.31. The Hall–Kier alpha value is -3.08. The van der Waals surface area contributed by atoms with Crippen LogP contribution in [0.25, 0.3) is 11.0 Å². The number of fused-ring (bicyclic) bond motifs is 1. The number of ether oxygens (including phenoxy) is 3. The highest BCUT2D eigenvalue weighted by Crippen LogP contribution is 2.33. The molecule has 0 spiro atoms. The Morgan fingerprint density at radius 1 is 0.865 bits per heavy atom. The molecule has 3 aromatic rings. The second-order valence-corrected chi connectivity index (χ2v) is 9.95. The molecule has 6 rings (SSSR count). The summed E-state index contributed by atoms with van der Waals surface area (Å²) in [5.41, 5.74) is 2.82. The van der Waals surface area contributed by atoms with Crippen molar-refractivity contribution < 1.29 is 14.2 Å². The Bertz CT molecular complexity index is 1180. The summed E-state index contributed by atoms with van der Waals surface area (Å²) in [6.07, 6.45) is 9.50. The molecule has 1 saturated carbocycles. The van der Waals surface area contributed by atoms with Crippen LogP contribution in [-0.2, 0) is 16.0 Å². The van der Waals surface area contributed by atoms with Gasteiger partial charge < -0.3 is 24.4 Å². The quantitative estimate of drug-likeness (QED) is 0.516. The van der Waals surface area contributed by atoms with Gasteiger partial charge in [-0.3, -0.25) is 9.88 Å². The van der Waals surface area contributed by atoms with Crippen LogP contribution in [-0.4, -0.2) is 89.6 Å². The van der Waals surface area contributed by atoms with Gasteiger partial charge in [0.05, 0.1) is 44.6 Å². The van der Waals surface area contributed by atoms with Crippen molar-refractivity contribution in [1.82, 2.24) is 24.8 Å². The van der Waals surface area contributed by atoms with E-state index in [1.807, 2.05) is 12.3 Å².